The van der Waals surface area contributed by atoms with Gasteiger partial charge in [-0.25, -0.2) is 24.5 Å². The molecule has 0 bridgehead atoms. The number of amides is 4. The second-order valence-corrected chi connectivity index (χ2v) is 15.6. The Bertz CT molecular complexity index is 2390. The maximum atomic E-state index is 12.5. The van der Waals surface area contributed by atoms with Crippen LogP contribution in [0.15, 0.2) is 127 Å². The van der Waals surface area contributed by atoms with Crippen LogP contribution in [-0.2, 0) is 13.0 Å². The third kappa shape index (κ3) is 13.2. The molecule has 0 unspecified atom stereocenters. The molecule has 17 heteroatoms. The van der Waals surface area contributed by atoms with E-state index in [0.29, 0.717) is 48.7 Å². The number of ether oxygens (including phenoxy) is 2. The number of piperazine rings is 2. The molecule has 2 saturated heterocycles. The number of pyridine rings is 3. The fraction of sp³-hybridized carbons (Fsp3) is 0.261. The Labute approximate surface area is 369 Å². The average molecular weight is 869 g/mol. The summed E-state index contributed by atoms with van der Waals surface area (Å²) in [6, 6.07) is 28.3. The summed E-state index contributed by atoms with van der Waals surface area (Å²) >= 11 is 1.70. The molecule has 16 nitrogen and oxygen atoms in total. The molecule has 0 spiro atoms. The summed E-state index contributed by atoms with van der Waals surface area (Å²) in [7, 11) is 0. The summed E-state index contributed by atoms with van der Waals surface area (Å²) in [4.78, 5) is 75.3. The van der Waals surface area contributed by atoms with Crippen molar-refractivity contribution in [3.05, 3.63) is 155 Å². The van der Waals surface area contributed by atoms with Crippen LogP contribution < -0.4 is 20.1 Å². The third-order valence-corrected chi connectivity index (χ3v) is 11.3. The van der Waals surface area contributed by atoms with Gasteiger partial charge in [0.25, 0.3) is 11.8 Å². The van der Waals surface area contributed by atoms with Crippen LogP contribution in [0.2, 0.25) is 0 Å². The third-order valence-electron chi connectivity index (χ3n) is 10.3. The monoisotopic (exact) mass is 868 g/mol. The molecule has 8 rings (SSSR count). The van der Waals surface area contributed by atoms with Crippen LogP contribution >= 0.6 is 11.3 Å². The molecule has 2 aromatic carbocycles. The molecule has 6 heterocycles. The van der Waals surface area contributed by atoms with E-state index in [2.05, 4.69) is 40.4 Å². The van der Waals surface area contributed by atoms with Gasteiger partial charge in [0.2, 0.25) is 11.8 Å². The van der Waals surface area contributed by atoms with Gasteiger partial charge in [-0.05, 0) is 61.4 Å². The lowest BCUT2D eigenvalue weighted by molar-refractivity contribution is 0.101. The predicted octanol–water partition coefficient (Wildman–Crippen LogP) is 6.50. The van der Waals surface area contributed by atoms with Crippen molar-refractivity contribution in [1.82, 2.24) is 39.5 Å². The second-order valence-electron chi connectivity index (χ2n) is 14.7. The average Bonchev–Trinajstić information content (AvgIpc) is 3.75. The van der Waals surface area contributed by atoms with E-state index < -0.39 is 12.2 Å². The van der Waals surface area contributed by atoms with E-state index >= 15 is 0 Å². The first kappa shape index (κ1) is 44.0. The SMILES string of the molecule is Cc1ncsc1CCN1CCN(C(=O)Oc2ccc(NC(=O)c3ccccc3)cn2)CC1.O=C(Nc1ccc(OC(=O)N2CCN(Cc3cccnc3)CC2)nc1)c1ccccc1. The van der Waals surface area contributed by atoms with Gasteiger partial charge in [-0.2, -0.15) is 0 Å². The number of aromatic nitrogens is 4. The van der Waals surface area contributed by atoms with Crippen LogP contribution in [0.25, 0.3) is 0 Å². The predicted molar refractivity (Wildman–Crippen MR) is 239 cm³/mol. The Morgan fingerprint density at radius 3 is 1.57 bits per heavy atom. The topological polar surface area (TPSA) is 175 Å². The summed E-state index contributed by atoms with van der Waals surface area (Å²) < 4.78 is 10.8. The van der Waals surface area contributed by atoms with Gasteiger partial charge in [-0.15, -0.1) is 11.3 Å². The number of aryl methyl sites for hydroxylation is 1. The van der Waals surface area contributed by atoms with Crippen LogP contribution in [0.1, 0.15) is 36.9 Å². The number of benzene rings is 2. The van der Waals surface area contributed by atoms with Crippen molar-refractivity contribution in [2.75, 3.05) is 69.5 Å². The smallest absolute Gasteiger partial charge is 0.391 e. The molecule has 2 N–H and O–H groups in total. The van der Waals surface area contributed by atoms with Crippen LogP contribution in [0.4, 0.5) is 21.0 Å². The van der Waals surface area contributed by atoms with Crippen LogP contribution in [-0.4, -0.2) is 122 Å². The van der Waals surface area contributed by atoms with Crippen LogP contribution in [0.3, 0.4) is 0 Å². The lowest BCUT2D eigenvalue weighted by Gasteiger charge is -2.33. The first-order valence-corrected chi connectivity index (χ1v) is 21.4. The van der Waals surface area contributed by atoms with Gasteiger partial charge < -0.3 is 29.9 Å². The maximum Gasteiger partial charge on any atom is 0.416 e. The number of thiazole rings is 1. The highest BCUT2D eigenvalue weighted by Crippen LogP contribution is 2.18. The number of carbonyl (C=O) groups is 4. The second kappa shape index (κ2) is 22.1. The van der Waals surface area contributed by atoms with E-state index in [4.69, 9.17) is 9.47 Å². The van der Waals surface area contributed by atoms with Crippen molar-refractivity contribution >= 4 is 46.7 Å². The van der Waals surface area contributed by atoms with Gasteiger partial charge in [-0.3, -0.25) is 24.4 Å². The van der Waals surface area contributed by atoms with Gasteiger partial charge >= 0.3 is 12.2 Å². The molecule has 0 radical (unpaired) electrons. The Balaban J connectivity index is 0.000000189. The Morgan fingerprint density at radius 1 is 0.603 bits per heavy atom. The van der Waals surface area contributed by atoms with Crippen LogP contribution in [0, 0.1) is 6.92 Å². The highest BCUT2D eigenvalue weighted by molar-refractivity contribution is 7.09. The van der Waals surface area contributed by atoms with Gasteiger partial charge in [0.1, 0.15) is 0 Å². The summed E-state index contributed by atoms with van der Waals surface area (Å²) in [5, 5.41) is 5.54. The zero-order chi connectivity index (χ0) is 43.8. The zero-order valence-electron chi connectivity index (χ0n) is 34.8. The molecular formula is C46H48N10O6S. The summed E-state index contributed by atoms with van der Waals surface area (Å²) in [5.41, 5.74) is 6.32. The molecule has 4 amide bonds. The molecule has 0 saturated carbocycles. The number of hydrogen-bond acceptors (Lipinski definition) is 13. The number of carbonyl (C=O) groups excluding carboxylic acids is 4. The first-order valence-electron chi connectivity index (χ1n) is 20.6. The molecule has 2 aliphatic rings. The molecule has 2 fully saturated rings. The van der Waals surface area contributed by atoms with E-state index in [9.17, 15) is 19.2 Å². The minimum atomic E-state index is -0.422. The van der Waals surface area contributed by atoms with Gasteiger partial charge in [0.05, 0.1) is 35.0 Å². The molecule has 63 heavy (non-hydrogen) atoms. The summed E-state index contributed by atoms with van der Waals surface area (Å²) in [6.07, 6.45) is 6.72. The van der Waals surface area contributed by atoms with Crippen molar-refractivity contribution in [1.29, 1.82) is 0 Å². The number of nitrogens with one attached hydrogen (secondary N) is 2. The van der Waals surface area contributed by atoms with Gasteiger partial charge in [-0.1, -0.05) is 42.5 Å². The number of anilines is 2. The Kier molecular flexibility index (Phi) is 15.5. The highest BCUT2D eigenvalue weighted by Gasteiger charge is 2.24. The molecule has 0 atom stereocenters. The molecule has 0 aliphatic carbocycles. The van der Waals surface area contributed by atoms with Crippen molar-refractivity contribution < 1.29 is 28.7 Å². The standard InChI is InChI=1S/C23H25N5O3S.C23H23N5O3/c1-17-20(32-16-25-17)9-10-27-11-13-28(14-12-27)23(30)31-21-8-7-19(15-24-21)26-22(29)18-5-3-2-4-6-18;29-22(19-6-2-1-3-7-19)26-20-8-9-21(25-16-20)31-23(30)28-13-11-27(12-14-28)17-18-5-4-10-24-15-18/h2-8,15-16H,9-14H2,1H3,(H,26,29);1-10,15-16H,11-14,17H2,(H,26,29). The van der Waals surface area contributed by atoms with Crippen molar-refractivity contribution in [3.8, 4) is 11.8 Å². The fourth-order valence-electron chi connectivity index (χ4n) is 6.74. The maximum absolute atomic E-state index is 12.5. The van der Waals surface area contributed by atoms with E-state index in [1.165, 1.54) is 17.3 Å². The summed E-state index contributed by atoms with van der Waals surface area (Å²) in [6.45, 7) is 9.38. The minimum absolute atomic E-state index is 0.195. The Hall–Kier alpha value is -7.08. The van der Waals surface area contributed by atoms with Crippen molar-refractivity contribution in [2.24, 2.45) is 0 Å². The van der Waals surface area contributed by atoms with Crippen molar-refractivity contribution in [3.63, 3.8) is 0 Å². The van der Waals surface area contributed by atoms with Crippen LogP contribution in [0.5, 0.6) is 11.8 Å². The fourth-order valence-corrected chi connectivity index (χ4v) is 7.51. The van der Waals surface area contributed by atoms with E-state index in [1.807, 2.05) is 42.9 Å². The summed E-state index contributed by atoms with van der Waals surface area (Å²) in [5.74, 6) is -0.0480. The van der Waals surface area contributed by atoms with Crippen molar-refractivity contribution in [2.45, 2.75) is 19.9 Å². The Morgan fingerprint density at radius 2 is 1.13 bits per heavy atom. The van der Waals surface area contributed by atoms with E-state index in [1.54, 1.807) is 100 Å². The van der Waals surface area contributed by atoms with E-state index in [0.717, 1.165) is 56.9 Å². The lowest BCUT2D eigenvalue weighted by Crippen LogP contribution is -2.49. The molecule has 6 aromatic rings. The van der Waals surface area contributed by atoms with E-state index in [-0.39, 0.29) is 23.6 Å². The highest BCUT2D eigenvalue weighted by atomic mass is 32.1. The minimum Gasteiger partial charge on any atom is -0.391 e. The molecule has 2 aliphatic heterocycles. The number of hydrogen-bond donors (Lipinski definition) is 2. The number of nitrogens with zero attached hydrogens (tertiary/aromatic N) is 8. The molecular weight excluding hydrogens is 821 g/mol. The quantitative estimate of drug-likeness (QED) is 0.145. The first-order chi connectivity index (χ1) is 30.8. The van der Waals surface area contributed by atoms with Gasteiger partial charge in [0, 0.05) is 106 Å². The molecule has 324 valence electrons. The number of rotatable bonds is 11. The van der Waals surface area contributed by atoms with Gasteiger partial charge in [0.15, 0.2) is 0 Å². The lowest BCUT2D eigenvalue weighted by atomic mass is 10.2. The molecule has 4 aromatic heterocycles. The largest absolute Gasteiger partial charge is 0.416 e. The zero-order valence-corrected chi connectivity index (χ0v) is 35.7. The normalized spacial score (nSPS) is 14.2.